The lowest BCUT2D eigenvalue weighted by atomic mass is 10.0. The van der Waals surface area contributed by atoms with Crippen molar-refractivity contribution in [1.29, 1.82) is 0 Å². The molecule has 0 aliphatic rings. The van der Waals surface area contributed by atoms with Crippen LogP contribution in [-0.2, 0) is 0 Å². The predicted octanol–water partition coefficient (Wildman–Crippen LogP) is 1.46. The maximum Gasteiger partial charge on any atom is 0.0658 e. The molecule has 0 saturated carbocycles. The van der Waals surface area contributed by atoms with Crippen LogP contribution in [0.5, 0.6) is 0 Å². The second kappa shape index (κ2) is 3.94. The second-order valence-corrected chi connectivity index (χ2v) is 3.16. The topological polar surface area (TPSA) is 38.0 Å². The van der Waals surface area contributed by atoms with E-state index < -0.39 is 0 Å². The van der Waals surface area contributed by atoms with Crippen molar-refractivity contribution in [2.75, 3.05) is 0 Å². The first-order valence-corrected chi connectivity index (χ1v) is 4.10. The molecule has 0 bridgehead atoms. The smallest absolute Gasteiger partial charge is 0.0658 e. The quantitative estimate of drug-likeness (QED) is 0.586. The summed E-state index contributed by atoms with van der Waals surface area (Å²) in [6.45, 7) is 8.46. The summed E-state index contributed by atoms with van der Waals surface area (Å²) in [5, 5.41) is 3.33. The third-order valence-corrected chi connectivity index (χ3v) is 1.84. The van der Waals surface area contributed by atoms with E-state index in [0.717, 1.165) is 12.8 Å². The first kappa shape index (κ1) is 9.92. The molecule has 0 heterocycles. The fourth-order valence-electron chi connectivity index (χ4n) is 1.03. The Kier molecular flexibility index (Phi) is 3.91. The number of nitrogens with one attached hydrogen (secondary N) is 1. The summed E-state index contributed by atoms with van der Waals surface area (Å²) in [7, 11) is 0. The molecule has 0 unspecified atom stereocenters. The molecule has 2 heteroatoms. The van der Waals surface area contributed by atoms with Gasteiger partial charge in [0.05, 0.1) is 5.66 Å². The highest BCUT2D eigenvalue weighted by molar-refractivity contribution is 4.79. The SMILES string of the molecule is CCC(N)(CC)NC(C)C. The third kappa shape index (κ3) is 3.18. The van der Waals surface area contributed by atoms with Crippen molar-refractivity contribution in [3.05, 3.63) is 0 Å². The molecule has 2 nitrogen and oxygen atoms in total. The molecule has 0 aliphatic carbocycles. The summed E-state index contributed by atoms with van der Waals surface area (Å²) in [4.78, 5) is 0. The molecular formula is C8H20N2. The molecule has 0 radical (unpaired) electrons. The molecule has 0 aromatic heterocycles. The van der Waals surface area contributed by atoms with Gasteiger partial charge in [-0.3, -0.25) is 5.32 Å². The average Bonchev–Trinajstić information content (AvgIpc) is 1.87. The normalized spacial score (nSPS) is 12.6. The van der Waals surface area contributed by atoms with Gasteiger partial charge in [0, 0.05) is 6.04 Å². The van der Waals surface area contributed by atoms with Crippen molar-refractivity contribution in [2.45, 2.75) is 52.2 Å². The van der Waals surface area contributed by atoms with Gasteiger partial charge in [-0.05, 0) is 26.7 Å². The van der Waals surface area contributed by atoms with Crippen molar-refractivity contribution in [2.24, 2.45) is 5.73 Å². The summed E-state index contributed by atoms with van der Waals surface area (Å²) >= 11 is 0. The molecule has 0 fully saturated rings. The number of hydrogen-bond acceptors (Lipinski definition) is 2. The van der Waals surface area contributed by atoms with E-state index in [1.165, 1.54) is 0 Å². The Labute approximate surface area is 64.2 Å². The lowest BCUT2D eigenvalue weighted by Crippen LogP contribution is -2.55. The number of hydrogen-bond donors (Lipinski definition) is 2. The second-order valence-electron chi connectivity index (χ2n) is 3.16. The maximum absolute atomic E-state index is 5.99. The van der Waals surface area contributed by atoms with E-state index in [1.54, 1.807) is 0 Å². The van der Waals surface area contributed by atoms with E-state index in [2.05, 4.69) is 33.0 Å². The summed E-state index contributed by atoms with van der Waals surface area (Å²) in [5.74, 6) is 0. The monoisotopic (exact) mass is 144 g/mol. The molecule has 0 atom stereocenters. The molecule has 0 aromatic carbocycles. The van der Waals surface area contributed by atoms with Gasteiger partial charge >= 0.3 is 0 Å². The van der Waals surface area contributed by atoms with Crippen LogP contribution in [0.2, 0.25) is 0 Å². The molecule has 10 heavy (non-hydrogen) atoms. The number of rotatable bonds is 4. The van der Waals surface area contributed by atoms with Crippen molar-refractivity contribution < 1.29 is 0 Å². The lowest BCUT2D eigenvalue weighted by molar-refractivity contribution is 0.287. The van der Waals surface area contributed by atoms with Gasteiger partial charge in [0.15, 0.2) is 0 Å². The van der Waals surface area contributed by atoms with E-state index in [-0.39, 0.29) is 5.66 Å². The molecule has 0 aliphatic heterocycles. The van der Waals surface area contributed by atoms with Gasteiger partial charge in [-0.1, -0.05) is 13.8 Å². The van der Waals surface area contributed by atoms with Crippen molar-refractivity contribution >= 4 is 0 Å². The van der Waals surface area contributed by atoms with Crippen molar-refractivity contribution in [3.63, 3.8) is 0 Å². The zero-order valence-corrected chi connectivity index (χ0v) is 7.57. The van der Waals surface area contributed by atoms with Crippen LogP contribution in [0.1, 0.15) is 40.5 Å². The van der Waals surface area contributed by atoms with Gasteiger partial charge < -0.3 is 5.73 Å². The van der Waals surface area contributed by atoms with Gasteiger partial charge in [0.25, 0.3) is 0 Å². The Bertz CT molecular complexity index is 85.3. The van der Waals surface area contributed by atoms with Crippen LogP contribution < -0.4 is 11.1 Å². The van der Waals surface area contributed by atoms with Crippen LogP contribution in [0.3, 0.4) is 0 Å². The third-order valence-electron chi connectivity index (χ3n) is 1.84. The lowest BCUT2D eigenvalue weighted by Gasteiger charge is -2.30. The first-order valence-electron chi connectivity index (χ1n) is 4.10. The molecule has 0 rings (SSSR count). The first-order chi connectivity index (χ1) is 4.54. The Morgan fingerprint density at radius 2 is 1.70 bits per heavy atom. The van der Waals surface area contributed by atoms with Crippen LogP contribution in [0, 0.1) is 0 Å². The molecule has 3 N–H and O–H groups in total. The Morgan fingerprint density at radius 1 is 1.30 bits per heavy atom. The van der Waals surface area contributed by atoms with Crippen LogP contribution in [0.4, 0.5) is 0 Å². The summed E-state index contributed by atoms with van der Waals surface area (Å²) in [5.41, 5.74) is 5.84. The Balaban J connectivity index is 3.80. The van der Waals surface area contributed by atoms with E-state index in [9.17, 15) is 0 Å². The van der Waals surface area contributed by atoms with E-state index in [0.29, 0.717) is 6.04 Å². The van der Waals surface area contributed by atoms with Crippen LogP contribution in [-0.4, -0.2) is 11.7 Å². The largest absolute Gasteiger partial charge is 0.313 e. The summed E-state index contributed by atoms with van der Waals surface area (Å²) in [6.07, 6.45) is 1.98. The molecule has 0 aromatic rings. The van der Waals surface area contributed by atoms with Gasteiger partial charge in [-0.15, -0.1) is 0 Å². The number of nitrogens with two attached hydrogens (primary N) is 1. The standard InChI is InChI=1S/C8H20N2/c1-5-8(9,6-2)10-7(3)4/h7,10H,5-6,9H2,1-4H3. The Hall–Kier alpha value is -0.0800. The van der Waals surface area contributed by atoms with E-state index in [1.807, 2.05) is 0 Å². The minimum absolute atomic E-state index is 0.145. The van der Waals surface area contributed by atoms with Crippen molar-refractivity contribution in [3.8, 4) is 0 Å². The minimum Gasteiger partial charge on any atom is -0.313 e. The maximum atomic E-state index is 5.99. The molecule has 62 valence electrons. The fraction of sp³-hybridized carbons (Fsp3) is 1.00. The highest BCUT2D eigenvalue weighted by atomic mass is 15.1. The van der Waals surface area contributed by atoms with E-state index >= 15 is 0 Å². The highest BCUT2D eigenvalue weighted by Gasteiger charge is 2.19. The zero-order chi connectivity index (χ0) is 8.20. The molecular weight excluding hydrogens is 124 g/mol. The zero-order valence-electron chi connectivity index (χ0n) is 7.57. The molecule has 0 saturated heterocycles. The molecule has 0 amide bonds. The van der Waals surface area contributed by atoms with Crippen LogP contribution in [0.25, 0.3) is 0 Å². The van der Waals surface area contributed by atoms with Crippen LogP contribution >= 0.6 is 0 Å². The van der Waals surface area contributed by atoms with Crippen molar-refractivity contribution in [1.82, 2.24) is 5.32 Å². The van der Waals surface area contributed by atoms with Gasteiger partial charge in [0.2, 0.25) is 0 Å². The highest BCUT2D eigenvalue weighted by Crippen LogP contribution is 2.07. The predicted molar refractivity (Wildman–Crippen MR) is 45.8 cm³/mol. The van der Waals surface area contributed by atoms with Gasteiger partial charge in [-0.25, -0.2) is 0 Å². The van der Waals surface area contributed by atoms with E-state index in [4.69, 9.17) is 5.73 Å². The minimum atomic E-state index is -0.145. The Morgan fingerprint density at radius 3 is 1.80 bits per heavy atom. The summed E-state index contributed by atoms with van der Waals surface area (Å²) < 4.78 is 0. The van der Waals surface area contributed by atoms with Gasteiger partial charge in [0.1, 0.15) is 0 Å². The average molecular weight is 144 g/mol. The van der Waals surface area contributed by atoms with Gasteiger partial charge in [-0.2, -0.15) is 0 Å². The summed E-state index contributed by atoms with van der Waals surface area (Å²) in [6, 6.07) is 0.477. The molecule has 0 spiro atoms. The fourth-order valence-corrected chi connectivity index (χ4v) is 1.03. The van der Waals surface area contributed by atoms with Crippen LogP contribution in [0.15, 0.2) is 0 Å².